The first-order valence-electron chi connectivity index (χ1n) is 5.43. The number of rotatable bonds is 4. The Labute approximate surface area is 95.0 Å². The topological polar surface area (TPSA) is 66.4 Å². The number of aliphatic carboxylic acids is 1. The largest absolute Gasteiger partial charge is 0.481 e. The first kappa shape index (κ1) is 12.5. The molecule has 2 unspecified atom stereocenters. The summed E-state index contributed by atoms with van der Waals surface area (Å²) in [5.41, 5.74) is 0.676. The maximum atomic E-state index is 11.6. The average molecular weight is 223 g/mol. The van der Waals surface area contributed by atoms with E-state index in [-0.39, 0.29) is 11.9 Å². The molecule has 0 aromatic carbocycles. The molecule has 0 aromatic rings. The smallest absolute Gasteiger partial charge is 0.310 e. The SMILES string of the molecule is CCC=C(C)C(=O)NC1C=CC(C(=O)O)C1. The summed E-state index contributed by atoms with van der Waals surface area (Å²) < 4.78 is 0. The van der Waals surface area contributed by atoms with Crippen molar-refractivity contribution in [3.05, 3.63) is 23.8 Å². The van der Waals surface area contributed by atoms with Gasteiger partial charge in [-0.1, -0.05) is 25.2 Å². The van der Waals surface area contributed by atoms with E-state index in [2.05, 4.69) is 5.32 Å². The van der Waals surface area contributed by atoms with Crippen molar-refractivity contribution in [2.75, 3.05) is 0 Å². The molecule has 0 bridgehead atoms. The van der Waals surface area contributed by atoms with Crippen LogP contribution in [0.25, 0.3) is 0 Å². The Morgan fingerprint density at radius 3 is 2.69 bits per heavy atom. The van der Waals surface area contributed by atoms with Crippen molar-refractivity contribution < 1.29 is 14.7 Å². The number of hydrogen-bond acceptors (Lipinski definition) is 2. The molecule has 0 saturated heterocycles. The summed E-state index contributed by atoms with van der Waals surface area (Å²) in [5, 5.41) is 11.6. The lowest BCUT2D eigenvalue weighted by molar-refractivity contribution is -0.140. The molecule has 4 nitrogen and oxygen atoms in total. The van der Waals surface area contributed by atoms with Crippen LogP contribution in [0, 0.1) is 5.92 Å². The van der Waals surface area contributed by atoms with Gasteiger partial charge < -0.3 is 10.4 Å². The van der Waals surface area contributed by atoms with Crippen LogP contribution in [0.4, 0.5) is 0 Å². The van der Waals surface area contributed by atoms with E-state index >= 15 is 0 Å². The summed E-state index contributed by atoms with van der Waals surface area (Å²) >= 11 is 0. The molecule has 1 rings (SSSR count). The fraction of sp³-hybridized carbons (Fsp3) is 0.500. The summed E-state index contributed by atoms with van der Waals surface area (Å²) in [6.07, 6.45) is 6.49. The summed E-state index contributed by atoms with van der Waals surface area (Å²) in [5.74, 6) is -1.43. The minimum absolute atomic E-state index is 0.123. The highest BCUT2D eigenvalue weighted by molar-refractivity contribution is 5.93. The normalized spacial score (nSPS) is 24.5. The molecule has 0 radical (unpaired) electrons. The van der Waals surface area contributed by atoms with E-state index in [9.17, 15) is 9.59 Å². The molecule has 0 heterocycles. The average Bonchev–Trinajstić information content (AvgIpc) is 2.66. The van der Waals surface area contributed by atoms with Crippen LogP contribution in [0.3, 0.4) is 0 Å². The van der Waals surface area contributed by atoms with E-state index in [1.54, 1.807) is 19.1 Å². The van der Waals surface area contributed by atoms with Gasteiger partial charge in [-0.25, -0.2) is 0 Å². The lowest BCUT2D eigenvalue weighted by Crippen LogP contribution is -2.33. The summed E-state index contributed by atoms with van der Waals surface area (Å²) in [6, 6.07) is -0.159. The van der Waals surface area contributed by atoms with Crippen LogP contribution in [0.1, 0.15) is 26.7 Å². The highest BCUT2D eigenvalue weighted by Gasteiger charge is 2.25. The molecule has 1 aliphatic carbocycles. The standard InChI is InChI=1S/C12H17NO3/c1-3-4-8(2)11(14)13-10-6-5-9(7-10)12(15)16/h4-6,9-10H,3,7H2,1-2H3,(H,13,14)(H,15,16). The van der Waals surface area contributed by atoms with Gasteiger partial charge >= 0.3 is 5.97 Å². The van der Waals surface area contributed by atoms with Crippen molar-refractivity contribution in [1.82, 2.24) is 5.32 Å². The van der Waals surface area contributed by atoms with Crippen molar-refractivity contribution in [3.8, 4) is 0 Å². The van der Waals surface area contributed by atoms with Gasteiger partial charge in [-0.3, -0.25) is 9.59 Å². The third-order valence-electron chi connectivity index (χ3n) is 2.59. The summed E-state index contributed by atoms with van der Waals surface area (Å²) in [7, 11) is 0. The predicted molar refractivity (Wildman–Crippen MR) is 60.9 cm³/mol. The van der Waals surface area contributed by atoms with Gasteiger partial charge in [0.15, 0.2) is 0 Å². The van der Waals surface area contributed by atoms with E-state index in [1.807, 2.05) is 13.0 Å². The van der Waals surface area contributed by atoms with Crippen LogP contribution in [0.2, 0.25) is 0 Å². The van der Waals surface area contributed by atoms with Crippen molar-refractivity contribution in [2.24, 2.45) is 5.92 Å². The molecule has 0 aliphatic heterocycles. The zero-order valence-electron chi connectivity index (χ0n) is 9.56. The Hall–Kier alpha value is -1.58. The second-order valence-corrected chi connectivity index (χ2v) is 3.94. The van der Waals surface area contributed by atoms with Crippen LogP contribution in [0.15, 0.2) is 23.8 Å². The maximum Gasteiger partial charge on any atom is 0.310 e. The predicted octanol–water partition coefficient (Wildman–Crippen LogP) is 1.49. The summed E-state index contributed by atoms with van der Waals surface area (Å²) in [4.78, 5) is 22.3. The third-order valence-corrected chi connectivity index (χ3v) is 2.59. The second-order valence-electron chi connectivity index (χ2n) is 3.94. The van der Waals surface area contributed by atoms with Gasteiger partial charge in [0.1, 0.15) is 0 Å². The van der Waals surface area contributed by atoms with Crippen molar-refractivity contribution in [3.63, 3.8) is 0 Å². The molecule has 2 atom stereocenters. The highest BCUT2D eigenvalue weighted by atomic mass is 16.4. The molecule has 1 amide bonds. The first-order valence-corrected chi connectivity index (χ1v) is 5.43. The van der Waals surface area contributed by atoms with Gasteiger partial charge in [-0.15, -0.1) is 0 Å². The number of allylic oxidation sites excluding steroid dienone is 1. The molecular weight excluding hydrogens is 206 g/mol. The van der Waals surface area contributed by atoms with Crippen LogP contribution in [-0.2, 0) is 9.59 Å². The van der Waals surface area contributed by atoms with Crippen LogP contribution >= 0.6 is 0 Å². The van der Waals surface area contributed by atoms with E-state index in [1.165, 1.54) is 0 Å². The molecule has 88 valence electrons. The van der Waals surface area contributed by atoms with E-state index in [4.69, 9.17) is 5.11 Å². The van der Waals surface area contributed by atoms with Crippen molar-refractivity contribution in [2.45, 2.75) is 32.7 Å². The van der Waals surface area contributed by atoms with Crippen molar-refractivity contribution >= 4 is 11.9 Å². The third kappa shape index (κ3) is 3.22. The minimum Gasteiger partial charge on any atom is -0.481 e. The van der Waals surface area contributed by atoms with E-state index < -0.39 is 11.9 Å². The molecule has 1 aliphatic rings. The molecule has 2 N–H and O–H groups in total. The fourth-order valence-corrected chi connectivity index (χ4v) is 1.67. The lowest BCUT2D eigenvalue weighted by atomic mass is 10.1. The van der Waals surface area contributed by atoms with E-state index in [0.717, 1.165) is 6.42 Å². The fourth-order valence-electron chi connectivity index (χ4n) is 1.67. The number of hydrogen-bond donors (Lipinski definition) is 2. The zero-order valence-corrected chi connectivity index (χ0v) is 9.56. The van der Waals surface area contributed by atoms with Crippen LogP contribution in [0.5, 0.6) is 0 Å². The Morgan fingerprint density at radius 1 is 1.50 bits per heavy atom. The molecule has 0 saturated carbocycles. The molecule has 0 spiro atoms. The van der Waals surface area contributed by atoms with Gasteiger partial charge in [0, 0.05) is 11.6 Å². The Bertz CT molecular complexity index is 344. The minimum atomic E-state index is -0.839. The van der Waals surface area contributed by atoms with Gasteiger partial charge in [0.25, 0.3) is 0 Å². The zero-order chi connectivity index (χ0) is 12.1. The highest BCUT2D eigenvalue weighted by Crippen LogP contribution is 2.18. The number of carbonyl (C=O) groups is 2. The Balaban J connectivity index is 2.47. The van der Waals surface area contributed by atoms with Crippen LogP contribution in [-0.4, -0.2) is 23.0 Å². The number of amides is 1. The van der Waals surface area contributed by atoms with Gasteiger partial charge in [-0.05, 0) is 19.8 Å². The van der Waals surface area contributed by atoms with Crippen LogP contribution < -0.4 is 5.32 Å². The second kappa shape index (κ2) is 5.49. The van der Waals surface area contributed by atoms with Gasteiger partial charge in [0.2, 0.25) is 5.91 Å². The summed E-state index contributed by atoms with van der Waals surface area (Å²) in [6.45, 7) is 3.72. The number of carbonyl (C=O) groups excluding carboxylic acids is 1. The first-order chi connectivity index (χ1) is 7.54. The number of nitrogens with one attached hydrogen (secondary N) is 1. The molecule has 16 heavy (non-hydrogen) atoms. The molecule has 4 heteroatoms. The lowest BCUT2D eigenvalue weighted by Gasteiger charge is -2.12. The molecule has 0 aromatic heterocycles. The van der Waals surface area contributed by atoms with Crippen molar-refractivity contribution in [1.29, 1.82) is 0 Å². The Kier molecular flexibility index (Phi) is 4.28. The molecular formula is C12H17NO3. The maximum absolute atomic E-state index is 11.6. The monoisotopic (exact) mass is 223 g/mol. The van der Waals surface area contributed by atoms with Gasteiger partial charge in [0.05, 0.1) is 5.92 Å². The van der Waals surface area contributed by atoms with E-state index in [0.29, 0.717) is 12.0 Å². The molecule has 0 fully saturated rings. The number of carboxylic acids is 1. The van der Waals surface area contributed by atoms with Gasteiger partial charge in [-0.2, -0.15) is 0 Å². The Morgan fingerprint density at radius 2 is 2.19 bits per heavy atom. The quantitative estimate of drug-likeness (QED) is 0.560. The number of carboxylic acid groups (broad SMARTS) is 1.